The van der Waals surface area contributed by atoms with Crippen molar-refractivity contribution < 1.29 is 4.74 Å². The first-order valence-electron chi connectivity index (χ1n) is 7.85. The van der Waals surface area contributed by atoms with E-state index >= 15 is 0 Å². The minimum Gasteiger partial charge on any atom is -0.388 e. The Morgan fingerprint density at radius 2 is 1.23 bits per heavy atom. The quantitative estimate of drug-likeness (QED) is 0.228. The van der Waals surface area contributed by atoms with Gasteiger partial charge in [-0.1, -0.05) is 87.6 Å². The van der Waals surface area contributed by atoms with Gasteiger partial charge >= 0.3 is 0 Å². The number of ether oxygens (including phenoxy) is 1. The first kappa shape index (κ1) is 42.7. The van der Waals surface area contributed by atoms with E-state index in [1.165, 1.54) is 0 Å². The second-order valence-corrected chi connectivity index (χ2v) is 1.91. The lowest BCUT2D eigenvalue weighted by molar-refractivity contribution is 0.393. The van der Waals surface area contributed by atoms with Gasteiger partial charge in [-0.05, 0) is 26.0 Å². The first-order valence-corrected chi connectivity index (χ1v) is 7.85. The Balaban J connectivity index is -0.0000000317. The van der Waals surface area contributed by atoms with Gasteiger partial charge < -0.3 is 4.74 Å². The predicted octanol–water partition coefficient (Wildman–Crippen LogP) is 8.06. The van der Waals surface area contributed by atoms with Gasteiger partial charge in [-0.2, -0.15) is 0 Å². The number of hydrogen-bond acceptors (Lipinski definition) is 2. The summed E-state index contributed by atoms with van der Waals surface area (Å²) in [6.45, 7) is 26.6. The Hall–Kier alpha value is -1.75. The van der Waals surface area contributed by atoms with Gasteiger partial charge in [-0.15, -0.1) is 11.8 Å². The van der Waals surface area contributed by atoms with E-state index in [9.17, 15) is 0 Å². The summed E-state index contributed by atoms with van der Waals surface area (Å²) in [6, 6.07) is 0. The summed E-state index contributed by atoms with van der Waals surface area (Å²) >= 11 is 0. The van der Waals surface area contributed by atoms with E-state index in [0.29, 0.717) is 5.76 Å². The molecule has 0 aliphatic carbocycles. The van der Waals surface area contributed by atoms with Crippen molar-refractivity contribution in [3.8, 4) is 6.26 Å². The van der Waals surface area contributed by atoms with E-state index in [1.54, 1.807) is 36.6 Å². The van der Waals surface area contributed by atoms with Crippen molar-refractivity contribution in [1.29, 1.82) is 5.26 Å². The summed E-state index contributed by atoms with van der Waals surface area (Å²) in [4.78, 5) is 0. The van der Waals surface area contributed by atoms with Crippen LogP contribution in [0.15, 0.2) is 49.3 Å². The molecular weight excluding hydrogens is 270 g/mol. The maximum atomic E-state index is 8.11. The molecule has 0 bridgehead atoms. The van der Waals surface area contributed by atoms with Crippen LogP contribution >= 0.6 is 0 Å². The normalized spacial score (nSPS) is 6.68. The topological polar surface area (TPSA) is 33.0 Å². The molecular formula is C20H43NO. The number of rotatable bonds is 3. The van der Waals surface area contributed by atoms with Gasteiger partial charge in [-0.25, -0.2) is 0 Å². The highest BCUT2D eigenvalue weighted by atomic mass is 16.5. The Kier molecular flexibility index (Phi) is 183. The molecule has 0 aromatic heterocycles. The third-order valence-electron chi connectivity index (χ3n) is 0.777. The van der Waals surface area contributed by atoms with Crippen LogP contribution in [-0.4, -0.2) is 0 Å². The van der Waals surface area contributed by atoms with Crippen molar-refractivity contribution in [3.63, 3.8) is 0 Å². The lowest BCUT2D eigenvalue weighted by Crippen LogP contribution is -1.78. The molecule has 0 aliphatic rings. The molecule has 0 atom stereocenters. The maximum Gasteiger partial charge on any atom is 0.292 e. The lowest BCUT2D eigenvalue weighted by atomic mass is 10.4. The Bertz CT molecular complexity index is 233. The van der Waals surface area contributed by atoms with Gasteiger partial charge in [-0.3, -0.25) is 0 Å². The highest BCUT2D eigenvalue weighted by Gasteiger charge is 1.86. The van der Waals surface area contributed by atoms with Gasteiger partial charge in [0, 0.05) is 0 Å². The van der Waals surface area contributed by atoms with Crippen molar-refractivity contribution in [1.82, 2.24) is 0 Å². The van der Waals surface area contributed by atoms with Gasteiger partial charge in [0.05, 0.1) is 0 Å². The molecule has 134 valence electrons. The largest absolute Gasteiger partial charge is 0.388 e. The fraction of sp³-hybridized carbons (Fsp3) is 0.550. The van der Waals surface area contributed by atoms with Gasteiger partial charge in [0.15, 0.2) is 0 Å². The van der Waals surface area contributed by atoms with Crippen LogP contribution in [0.1, 0.15) is 76.7 Å². The molecule has 0 radical (unpaired) electrons. The van der Waals surface area contributed by atoms with E-state index < -0.39 is 0 Å². The molecule has 2 nitrogen and oxygen atoms in total. The van der Waals surface area contributed by atoms with E-state index in [2.05, 4.69) is 17.9 Å². The molecule has 0 saturated heterocycles. The van der Waals surface area contributed by atoms with Crippen LogP contribution < -0.4 is 0 Å². The molecule has 0 aromatic rings. The molecule has 0 N–H and O–H groups in total. The summed E-state index contributed by atoms with van der Waals surface area (Å²) in [5.74, 6) is 0.500. The zero-order chi connectivity index (χ0) is 18.5. The van der Waals surface area contributed by atoms with E-state index in [-0.39, 0.29) is 7.43 Å². The monoisotopic (exact) mass is 313 g/mol. The fourth-order valence-corrected chi connectivity index (χ4v) is 0.457. The summed E-state index contributed by atoms with van der Waals surface area (Å²) in [5.41, 5.74) is 0. The minimum absolute atomic E-state index is 0. The molecule has 2 heteroatoms. The second kappa shape index (κ2) is 94.2. The smallest absolute Gasteiger partial charge is 0.292 e. The molecule has 0 spiro atoms. The fourth-order valence-electron chi connectivity index (χ4n) is 0.457. The molecule has 0 amide bonds. The number of nitriles is 1. The van der Waals surface area contributed by atoms with Gasteiger partial charge in [0.1, 0.15) is 5.76 Å². The van der Waals surface area contributed by atoms with Crippen molar-refractivity contribution in [3.05, 3.63) is 49.3 Å². The average molecular weight is 314 g/mol. The van der Waals surface area contributed by atoms with Crippen LogP contribution in [0.2, 0.25) is 0 Å². The van der Waals surface area contributed by atoms with Crippen molar-refractivity contribution >= 4 is 0 Å². The number of nitrogens with zero attached hydrogens (tertiary/aromatic N) is 1. The van der Waals surface area contributed by atoms with Crippen molar-refractivity contribution in [2.45, 2.75) is 76.7 Å². The molecule has 0 heterocycles. The lowest BCUT2D eigenvalue weighted by Gasteiger charge is -1.91. The van der Waals surface area contributed by atoms with E-state index in [1.807, 2.05) is 69.2 Å². The van der Waals surface area contributed by atoms with Crippen LogP contribution in [-0.2, 0) is 4.74 Å². The van der Waals surface area contributed by atoms with E-state index in [0.717, 1.165) is 0 Å². The zero-order valence-electron chi connectivity index (χ0n) is 16.2. The van der Waals surface area contributed by atoms with Crippen LogP contribution in [0.3, 0.4) is 0 Å². The molecule has 0 saturated carbocycles. The third-order valence-corrected chi connectivity index (χ3v) is 0.777. The highest BCUT2D eigenvalue weighted by Crippen LogP contribution is 1.97. The summed E-state index contributed by atoms with van der Waals surface area (Å²) in [6.07, 6.45) is 9.97. The van der Waals surface area contributed by atoms with E-state index in [4.69, 9.17) is 5.26 Å². The number of allylic oxidation sites excluding steroid dienone is 5. The second-order valence-electron chi connectivity index (χ2n) is 1.91. The predicted molar refractivity (Wildman–Crippen MR) is 108 cm³/mol. The van der Waals surface area contributed by atoms with Crippen molar-refractivity contribution in [2.75, 3.05) is 0 Å². The van der Waals surface area contributed by atoms with Gasteiger partial charge in [0.2, 0.25) is 0 Å². The van der Waals surface area contributed by atoms with Crippen LogP contribution in [0.5, 0.6) is 0 Å². The summed E-state index contributed by atoms with van der Waals surface area (Å²) in [7, 11) is 0. The SMILES string of the molecule is C.C=C/C=C(\C=C/C)OC#N.C=CC.CC.CC.CC.CC. The highest BCUT2D eigenvalue weighted by molar-refractivity contribution is 5.17. The molecule has 0 rings (SSSR count). The maximum absolute atomic E-state index is 8.11. The van der Waals surface area contributed by atoms with Gasteiger partial charge in [0.25, 0.3) is 6.26 Å². The van der Waals surface area contributed by atoms with Crippen LogP contribution in [0.25, 0.3) is 0 Å². The minimum atomic E-state index is 0. The van der Waals surface area contributed by atoms with Crippen LogP contribution in [0, 0.1) is 11.5 Å². The molecule has 22 heavy (non-hydrogen) atoms. The molecule has 0 aromatic carbocycles. The Morgan fingerprint density at radius 1 is 0.909 bits per heavy atom. The van der Waals surface area contributed by atoms with Crippen LogP contribution in [0.4, 0.5) is 0 Å². The Labute approximate surface area is 142 Å². The summed E-state index contributed by atoms with van der Waals surface area (Å²) < 4.78 is 4.53. The average Bonchev–Trinajstić information content (AvgIpc) is 2.57. The molecule has 0 aliphatic heterocycles. The third kappa shape index (κ3) is 103. The molecule has 0 unspecified atom stereocenters. The van der Waals surface area contributed by atoms with Crippen molar-refractivity contribution in [2.24, 2.45) is 0 Å². The Morgan fingerprint density at radius 3 is 1.41 bits per heavy atom. The summed E-state index contributed by atoms with van der Waals surface area (Å²) in [5, 5.41) is 8.11. The number of hydrogen-bond donors (Lipinski definition) is 0. The molecule has 0 fully saturated rings. The zero-order valence-corrected chi connectivity index (χ0v) is 16.2. The standard InChI is InChI=1S/C8H9NO.C3H6.4C2H6.CH4/c1-3-5-8(6-4-2)10-7-9;1-3-2;4*1-2;/h3-6H,1H2,2H3;3H,1H2,2H3;4*1-2H3;1H4/b6-4-,8-5+;;;;;;. The first-order chi connectivity index (χ1) is 10.3.